The second-order valence-electron chi connectivity index (χ2n) is 8.10. The molecule has 0 aromatic carbocycles. The quantitative estimate of drug-likeness (QED) is 0.801. The first-order chi connectivity index (χ1) is 11.2. The topological polar surface area (TPSA) is 42.0 Å². The number of rotatable bonds is 3. The van der Waals surface area contributed by atoms with E-state index < -0.39 is 0 Å². The molecule has 1 atom stereocenters. The zero-order valence-corrected chi connectivity index (χ0v) is 14.2. The summed E-state index contributed by atoms with van der Waals surface area (Å²) in [5.41, 5.74) is 0.666. The SMILES string of the molecule is O=C(OC1CCC2(CC1)CC2)N1CC[C@@H](CN2CCOCC2)C1. The number of ether oxygens (including phenoxy) is 2. The molecule has 1 spiro atoms. The summed E-state index contributed by atoms with van der Waals surface area (Å²) in [6.07, 6.45) is 8.73. The average Bonchev–Trinajstić information content (AvgIpc) is 3.16. The van der Waals surface area contributed by atoms with Crippen molar-refractivity contribution in [3.05, 3.63) is 0 Å². The first-order valence-electron chi connectivity index (χ1n) is 9.48. The van der Waals surface area contributed by atoms with Crippen LogP contribution in [-0.4, -0.2) is 67.9 Å². The van der Waals surface area contributed by atoms with Crippen molar-refractivity contribution in [2.24, 2.45) is 11.3 Å². The van der Waals surface area contributed by atoms with E-state index in [9.17, 15) is 4.79 Å². The number of hydrogen-bond donors (Lipinski definition) is 0. The van der Waals surface area contributed by atoms with E-state index in [1.165, 1.54) is 25.7 Å². The van der Waals surface area contributed by atoms with Gasteiger partial charge in [0.05, 0.1) is 13.2 Å². The molecule has 4 fully saturated rings. The summed E-state index contributed by atoms with van der Waals surface area (Å²) in [6, 6.07) is 0. The van der Waals surface area contributed by atoms with Crippen molar-refractivity contribution in [2.75, 3.05) is 45.9 Å². The van der Waals surface area contributed by atoms with Crippen LogP contribution in [0.1, 0.15) is 44.9 Å². The zero-order valence-electron chi connectivity index (χ0n) is 14.2. The van der Waals surface area contributed by atoms with Gasteiger partial charge in [0.1, 0.15) is 6.10 Å². The van der Waals surface area contributed by atoms with Crippen LogP contribution < -0.4 is 0 Å². The minimum atomic E-state index is -0.0637. The van der Waals surface area contributed by atoms with Crippen molar-refractivity contribution in [3.8, 4) is 0 Å². The van der Waals surface area contributed by atoms with Gasteiger partial charge in [-0.2, -0.15) is 0 Å². The van der Waals surface area contributed by atoms with Crippen LogP contribution in [0.5, 0.6) is 0 Å². The first-order valence-corrected chi connectivity index (χ1v) is 9.48. The molecular formula is C18H30N2O3. The molecule has 0 unspecified atom stereocenters. The van der Waals surface area contributed by atoms with Gasteiger partial charge >= 0.3 is 6.09 Å². The van der Waals surface area contributed by atoms with Crippen molar-refractivity contribution >= 4 is 6.09 Å². The fourth-order valence-electron chi connectivity index (χ4n) is 4.51. The zero-order chi connectivity index (χ0) is 15.7. The highest BCUT2D eigenvalue weighted by molar-refractivity contribution is 5.68. The summed E-state index contributed by atoms with van der Waals surface area (Å²) >= 11 is 0. The molecule has 2 saturated heterocycles. The molecule has 2 aliphatic heterocycles. The summed E-state index contributed by atoms with van der Waals surface area (Å²) in [5, 5.41) is 0. The molecule has 5 nitrogen and oxygen atoms in total. The molecule has 0 N–H and O–H groups in total. The molecule has 0 bridgehead atoms. The standard InChI is InChI=1S/C18H30N2O3/c21-17(23-16-1-4-18(5-2-16)6-7-18)20-8-3-15(14-20)13-19-9-11-22-12-10-19/h15-16H,1-14H2/t15-/m0/s1. The van der Waals surface area contributed by atoms with Crippen LogP contribution in [0.3, 0.4) is 0 Å². The normalized spacial score (nSPS) is 31.5. The van der Waals surface area contributed by atoms with E-state index in [0.717, 1.165) is 65.2 Å². The Kier molecular flexibility index (Phi) is 4.50. The third-order valence-corrected chi connectivity index (χ3v) is 6.38. The lowest BCUT2D eigenvalue weighted by atomic mass is 9.85. The number of morpholine rings is 1. The third-order valence-electron chi connectivity index (χ3n) is 6.38. The summed E-state index contributed by atoms with van der Waals surface area (Å²) < 4.78 is 11.2. The van der Waals surface area contributed by atoms with Gasteiger partial charge in [-0.25, -0.2) is 4.79 Å². The lowest BCUT2D eigenvalue weighted by Crippen LogP contribution is -2.40. The number of carbonyl (C=O) groups is 1. The van der Waals surface area contributed by atoms with E-state index in [0.29, 0.717) is 11.3 Å². The van der Waals surface area contributed by atoms with Gasteiger partial charge in [-0.1, -0.05) is 0 Å². The number of likely N-dealkylation sites (tertiary alicyclic amines) is 1. The second kappa shape index (κ2) is 6.60. The third kappa shape index (κ3) is 3.82. The van der Waals surface area contributed by atoms with E-state index in [1.807, 2.05) is 4.90 Å². The second-order valence-corrected chi connectivity index (χ2v) is 8.10. The lowest BCUT2D eigenvalue weighted by Gasteiger charge is -2.30. The summed E-state index contributed by atoms with van der Waals surface area (Å²) in [4.78, 5) is 16.8. The predicted molar refractivity (Wildman–Crippen MR) is 87.3 cm³/mol. The predicted octanol–water partition coefficient (Wildman–Crippen LogP) is 2.50. The fraction of sp³-hybridized carbons (Fsp3) is 0.944. The monoisotopic (exact) mass is 322 g/mol. The molecule has 0 radical (unpaired) electrons. The van der Waals surface area contributed by atoms with Crippen molar-refractivity contribution in [2.45, 2.75) is 51.0 Å². The highest BCUT2D eigenvalue weighted by Crippen LogP contribution is 2.56. The minimum Gasteiger partial charge on any atom is -0.446 e. The molecule has 5 heteroatoms. The number of hydrogen-bond acceptors (Lipinski definition) is 4. The maximum absolute atomic E-state index is 12.4. The number of nitrogens with zero attached hydrogens (tertiary/aromatic N) is 2. The maximum atomic E-state index is 12.4. The number of carbonyl (C=O) groups excluding carboxylic acids is 1. The molecule has 130 valence electrons. The van der Waals surface area contributed by atoms with E-state index >= 15 is 0 Å². The van der Waals surface area contributed by atoms with Crippen molar-refractivity contribution < 1.29 is 14.3 Å². The van der Waals surface area contributed by atoms with Gasteiger partial charge in [0.2, 0.25) is 0 Å². The Hall–Kier alpha value is -0.810. The lowest BCUT2D eigenvalue weighted by molar-refractivity contribution is 0.0283. The molecule has 2 aliphatic carbocycles. The van der Waals surface area contributed by atoms with Crippen molar-refractivity contribution in [1.29, 1.82) is 0 Å². The molecule has 1 amide bonds. The van der Waals surface area contributed by atoms with Crippen LogP contribution in [0.2, 0.25) is 0 Å². The van der Waals surface area contributed by atoms with Crippen molar-refractivity contribution in [1.82, 2.24) is 9.80 Å². The van der Waals surface area contributed by atoms with E-state index in [1.54, 1.807) is 0 Å². The summed E-state index contributed by atoms with van der Waals surface area (Å²) in [5.74, 6) is 0.599. The highest BCUT2D eigenvalue weighted by Gasteiger charge is 2.45. The smallest absolute Gasteiger partial charge is 0.410 e. The Morgan fingerprint density at radius 2 is 1.78 bits per heavy atom. The fourth-order valence-corrected chi connectivity index (χ4v) is 4.51. The van der Waals surface area contributed by atoms with E-state index in [2.05, 4.69) is 4.90 Å². The van der Waals surface area contributed by atoms with Crippen LogP contribution in [0.25, 0.3) is 0 Å². The first kappa shape index (κ1) is 15.7. The van der Waals surface area contributed by atoms with Crippen LogP contribution >= 0.6 is 0 Å². The van der Waals surface area contributed by atoms with Gasteiger partial charge in [0, 0.05) is 32.7 Å². The van der Waals surface area contributed by atoms with E-state index in [4.69, 9.17) is 9.47 Å². The van der Waals surface area contributed by atoms with Crippen molar-refractivity contribution in [3.63, 3.8) is 0 Å². The van der Waals surface area contributed by atoms with Gasteiger partial charge in [0.15, 0.2) is 0 Å². The highest BCUT2D eigenvalue weighted by atomic mass is 16.6. The Morgan fingerprint density at radius 3 is 2.48 bits per heavy atom. The molecule has 2 heterocycles. The Balaban J connectivity index is 1.19. The average molecular weight is 322 g/mol. The molecule has 4 rings (SSSR count). The van der Waals surface area contributed by atoms with Gasteiger partial charge in [0.25, 0.3) is 0 Å². The maximum Gasteiger partial charge on any atom is 0.410 e. The number of amides is 1. The molecule has 23 heavy (non-hydrogen) atoms. The summed E-state index contributed by atoms with van der Waals surface area (Å²) in [6.45, 7) is 6.59. The van der Waals surface area contributed by atoms with Gasteiger partial charge in [-0.15, -0.1) is 0 Å². The van der Waals surface area contributed by atoms with Gasteiger partial charge in [-0.3, -0.25) is 4.90 Å². The van der Waals surface area contributed by atoms with Crippen LogP contribution in [-0.2, 0) is 9.47 Å². The largest absolute Gasteiger partial charge is 0.446 e. The van der Waals surface area contributed by atoms with Gasteiger partial charge in [-0.05, 0) is 56.3 Å². The van der Waals surface area contributed by atoms with Crippen LogP contribution in [0, 0.1) is 11.3 Å². The molecular weight excluding hydrogens is 292 g/mol. The summed E-state index contributed by atoms with van der Waals surface area (Å²) in [7, 11) is 0. The minimum absolute atomic E-state index is 0.0637. The van der Waals surface area contributed by atoms with Crippen LogP contribution in [0.15, 0.2) is 0 Å². The molecule has 0 aromatic heterocycles. The molecule has 0 aromatic rings. The Labute approximate surface area is 139 Å². The molecule has 2 saturated carbocycles. The molecule has 4 aliphatic rings. The van der Waals surface area contributed by atoms with Crippen LogP contribution in [0.4, 0.5) is 4.79 Å². The van der Waals surface area contributed by atoms with E-state index in [-0.39, 0.29) is 12.2 Å². The Bertz CT molecular complexity index is 422. The van der Waals surface area contributed by atoms with Gasteiger partial charge < -0.3 is 14.4 Å². The Morgan fingerprint density at radius 1 is 1.04 bits per heavy atom.